The van der Waals surface area contributed by atoms with Crippen LogP contribution in [0.1, 0.15) is 13.3 Å². The van der Waals surface area contributed by atoms with Crippen molar-refractivity contribution in [1.29, 1.82) is 0 Å². The van der Waals surface area contributed by atoms with Crippen LogP contribution in [0.4, 0.5) is 4.79 Å². The average molecular weight is 154 g/mol. The molecule has 0 aliphatic carbocycles. The van der Waals surface area contributed by atoms with Crippen molar-refractivity contribution in [1.82, 2.24) is 10.2 Å². The molecule has 1 unspecified atom stereocenters. The second-order valence-electron chi connectivity index (χ2n) is 2.80. The third kappa shape index (κ3) is 1.73. The molecule has 1 N–H and O–H groups in total. The maximum atomic E-state index is 11.1. The second-order valence-corrected chi connectivity index (χ2v) is 2.80. The molecular formula is C8H14N2O. The smallest absolute Gasteiger partial charge is 0.317 e. The number of carbonyl (C=O) groups excluding carboxylic acids is 1. The Morgan fingerprint density at radius 3 is 3.09 bits per heavy atom. The standard InChI is InChI=1S/C8H14N2O/c1-3-4-7(2)10-6-5-9-8(10)11/h3,7H,1,4-6H2,2H3,(H,9,11). The van der Waals surface area contributed by atoms with Crippen molar-refractivity contribution in [3.05, 3.63) is 12.7 Å². The van der Waals surface area contributed by atoms with Gasteiger partial charge in [-0.1, -0.05) is 6.08 Å². The van der Waals surface area contributed by atoms with Crippen LogP contribution in [0.15, 0.2) is 12.7 Å². The average Bonchev–Trinajstić information content (AvgIpc) is 2.36. The van der Waals surface area contributed by atoms with Crippen LogP contribution in [0.3, 0.4) is 0 Å². The molecule has 0 aromatic rings. The number of hydrogen-bond donors (Lipinski definition) is 1. The molecule has 1 heterocycles. The number of carbonyl (C=O) groups is 1. The summed E-state index contributed by atoms with van der Waals surface area (Å²) in [6.07, 6.45) is 2.71. The van der Waals surface area contributed by atoms with E-state index in [0.29, 0.717) is 0 Å². The molecule has 1 fully saturated rings. The fraction of sp³-hybridized carbons (Fsp3) is 0.625. The Kier molecular flexibility index (Phi) is 2.52. The molecule has 0 aromatic carbocycles. The minimum absolute atomic E-state index is 0.0550. The van der Waals surface area contributed by atoms with Crippen LogP contribution in [0, 0.1) is 0 Å². The molecule has 11 heavy (non-hydrogen) atoms. The lowest BCUT2D eigenvalue weighted by molar-refractivity contribution is 0.202. The van der Waals surface area contributed by atoms with Gasteiger partial charge in [-0.25, -0.2) is 4.79 Å². The molecule has 0 radical (unpaired) electrons. The summed E-state index contributed by atoms with van der Waals surface area (Å²) < 4.78 is 0. The molecule has 2 amide bonds. The molecule has 0 bridgehead atoms. The highest BCUT2D eigenvalue weighted by atomic mass is 16.2. The minimum Gasteiger partial charge on any atom is -0.336 e. The Morgan fingerprint density at radius 2 is 2.64 bits per heavy atom. The molecule has 1 atom stereocenters. The summed E-state index contributed by atoms with van der Waals surface area (Å²) in [5.74, 6) is 0. The molecule has 62 valence electrons. The minimum atomic E-state index is 0.0550. The molecule has 0 saturated carbocycles. The van der Waals surface area contributed by atoms with Crippen molar-refractivity contribution in [2.75, 3.05) is 13.1 Å². The first-order chi connectivity index (χ1) is 5.25. The Labute approximate surface area is 67.1 Å². The molecule has 1 aliphatic heterocycles. The summed E-state index contributed by atoms with van der Waals surface area (Å²) in [7, 11) is 0. The van der Waals surface area contributed by atoms with E-state index in [1.54, 1.807) is 0 Å². The number of hydrogen-bond acceptors (Lipinski definition) is 1. The van der Waals surface area contributed by atoms with E-state index < -0.39 is 0 Å². The van der Waals surface area contributed by atoms with E-state index in [-0.39, 0.29) is 12.1 Å². The number of nitrogens with zero attached hydrogens (tertiary/aromatic N) is 1. The SMILES string of the molecule is C=CCC(C)N1CCNC1=O. The Morgan fingerprint density at radius 1 is 1.91 bits per heavy atom. The van der Waals surface area contributed by atoms with E-state index in [2.05, 4.69) is 11.9 Å². The lowest BCUT2D eigenvalue weighted by Gasteiger charge is -2.21. The predicted octanol–water partition coefficient (Wildman–Crippen LogP) is 0.976. The molecule has 1 rings (SSSR count). The van der Waals surface area contributed by atoms with E-state index in [9.17, 15) is 4.79 Å². The number of nitrogens with one attached hydrogen (secondary N) is 1. The maximum absolute atomic E-state index is 11.1. The van der Waals surface area contributed by atoms with Gasteiger partial charge in [-0.15, -0.1) is 6.58 Å². The first kappa shape index (κ1) is 8.11. The normalized spacial score (nSPS) is 19.7. The summed E-state index contributed by atoms with van der Waals surface area (Å²) in [5, 5.41) is 2.76. The van der Waals surface area contributed by atoms with Crippen molar-refractivity contribution in [2.24, 2.45) is 0 Å². The second kappa shape index (κ2) is 3.42. The Balaban J connectivity index is 2.45. The lowest BCUT2D eigenvalue weighted by Crippen LogP contribution is -2.35. The largest absolute Gasteiger partial charge is 0.336 e. The quantitative estimate of drug-likeness (QED) is 0.604. The Hall–Kier alpha value is -0.990. The van der Waals surface area contributed by atoms with Gasteiger partial charge in [0.05, 0.1) is 0 Å². The van der Waals surface area contributed by atoms with Crippen molar-refractivity contribution < 1.29 is 4.79 Å². The van der Waals surface area contributed by atoms with E-state index in [1.165, 1.54) is 0 Å². The Bertz CT molecular complexity index is 167. The van der Waals surface area contributed by atoms with Crippen LogP contribution in [-0.4, -0.2) is 30.1 Å². The summed E-state index contributed by atoms with van der Waals surface area (Å²) >= 11 is 0. The third-order valence-electron chi connectivity index (χ3n) is 1.93. The first-order valence-electron chi connectivity index (χ1n) is 3.91. The van der Waals surface area contributed by atoms with Gasteiger partial charge in [0.15, 0.2) is 0 Å². The first-order valence-corrected chi connectivity index (χ1v) is 3.91. The van der Waals surface area contributed by atoms with Gasteiger partial charge in [0.25, 0.3) is 0 Å². The van der Waals surface area contributed by atoms with Crippen molar-refractivity contribution in [3.63, 3.8) is 0 Å². The monoisotopic (exact) mass is 154 g/mol. The van der Waals surface area contributed by atoms with Crippen LogP contribution in [0.5, 0.6) is 0 Å². The van der Waals surface area contributed by atoms with Gasteiger partial charge >= 0.3 is 6.03 Å². The zero-order chi connectivity index (χ0) is 8.27. The summed E-state index contributed by atoms with van der Waals surface area (Å²) in [6.45, 7) is 7.28. The van der Waals surface area contributed by atoms with Crippen molar-refractivity contribution in [2.45, 2.75) is 19.4 Å². The molecule has 3 heteroatoms. The predicted molar refractivity (Wildman–Crippen MR) is 44.4 cm³/mol. The van der Waals surface area contributed by atoms with Gasteiger partial charge in [-0.3, -0.25) is 0 Å². The highest BCUT2D eigenvalue weighted by Gasteiger charge is 2.23. The maximum Gasteiger partial charge on any atom is 0.317 e. The molecular weight excluding hydrogens is 140 g/mol. The van der Waals surface area contributed by atoms with E-state index in [4.69, 9.17) is 0 Å². The summed E-state index contributed by atoms with van der Waals surface area (Å²) in [5.41, 5.74) is 0. The van der Waals surface area contributed by atoms with Crippen LogP contribution in [-0.2, 0) is 0 Å². The van der Waals surface area contributed by atoms with E-state index >= 15 is 0 Å². The number of rotatable bonds is 3. The highest BCUT2D eigenvalue weighted by molar-refractivity contribution is 5.76. The topological polar surface area (TPSA) is 32.3 Å². The van der Waals surface area contributed by atoms with E-state index in [0.717, 1.165) is 19.5 Å². The van der Waals surface area contributed by atoms with Crippen molar-refractivity contribution >= 4 is 6.03 Å². The van der Waals surface area contributed by atoms with Gasteiger partial charge in [0.2, 0.25) is 0 Å². The molecule has 1 aliphatic rings. The van der Waals surface area contributed by atoms with Gasteiger partial charge in [-0.2, -0.15) is 0 Å². The van der Waals surface area contributed by atoms with Crippen LogP contribution in [0.25, 0.3) is 0 Å². The summed E-state index contributed by atoms with van der Waals surface area (Å²) in [6, 6.07) is 0.342. The van der Waals surface area contributed by atoms with Gasteiger partial charge in [-0.05, 0) is 13.3 Å². The number of urea groups is 1. The van der Waals surface area contributed by atoms with Gasteiger partial charge in [0.1, 0.15) is 0 Å². The third-order valence-corrected chi connectivity index (χ3v) is 1.93. The molecule has 0 spiro atoms. The zero-order valence-corrected chi connectivity index (χ0v) is 6.84. The van der Waals surface area contributed by atoms with Gasteiger partial charge in [0, 0.05) is 19.1 Å². The lowest BCUT2D eigenvalue weighted by atomic mass is 10.2. The highest BCUT2D eigenvalue weighted by Crippen LogP contribution is 2.07. The van der Waals surface area contributed by atoms with E-state index in [1.807, 2.05) is 17.9 Å². The van der Waals surface area contributed by atoms with Gasteiger partial charge < -0.3 is 10.2 Å². The van der Waals surface area contributed by atoms with Crippen LogP contribution < -0.4 is 5.32 Å². The zero-order valence-electron chi connectivity index (χ0n) is 6.84. The van der Waals surface area contributed by atoms with Crippen molar-refractivity contribution in [3.8, 4) is 0 Å². The van der Waals surface area contributed by atoms with Crippen LogP contribution in [0.2, 0.25) is 0 Å². The molecule has 1 saturated heterocycles. The number of amides is 2. The fourth-order valence-corrected chi connectivity index (χ4v) is 1.28. The molecule has 0 aromatic heterocycles. The molecule has 3 nitrogen and oxygen atoms in total. The van der Waals surface area contributed by atoms with Crippen LogP contribution >= 0.6 is 0 Å². The summed E-state index contributed by atoms with van der Waals surface area (Å²) in [4.78, 5) is 12.9. The fourth-order valence-electron chi connectivity index (χ4n) is 1.28.